The molecule has 1 N–H and O–H groups in total. The van der Waals surface area contributed by atoms with Crippen LogP contribution in [-0.2, 0) is 13.1 Å². The molecule has 0 bridgehead atoms. The van der Waals surface area contributed by atoms with Crippen LogP contribution in [0, 0.1) is 12.7 Å². The van der Waals surface area contributed by atoms with Crippen molar-refractivity contribution in [3.05, 3.63) is 99.8 Å². The number of carbonyl (C=O) groups is 1. The number of ether oxygens (including phenoxy) is 1. The van der Waals surface area contributed by atoms with Gasteiger partial charge in [0.1, 0.15) is 6.10 Å². The summed E-state index contributed by atoms with van der Waals surface area (Å²) in [6.07, 6.45) is 3.41. The zero-order chi connectivity index (χ0) is 27.2. The molecule has 3 aromatic carbocycles. The van der Waals surface area contributed by atoms with Gasteiger partial charge in [-0.1, -0.05) is 53.6 Å². The van der Waals surface area contributed by atoms with Crippen molar-refractivity contribution in [1.82, 2.24) is 15.1 Å². The summed E-state index contributed by atoms with van der Waals surface area (Å²) in [4.78, 5) is 17.6. The van der Waals surface area contributed by atoms with E-state index in [2.05, 4.69) is 46.3 Å². The number of amides is 1. The highest BCUT2D eigenvalue weighted by atomic mass is 35.5. The van der Waals surface area contributed by atoms with E-state index in [1.54, 1.807) is 12.1 Å². The monoisotopic (exact) mass is 549 g/mol. The molecule has 1 amide bonds. The van der Waals surface area contributed by atoms with Gasteiger partial charge in [-0.3, -0.25) is 14.6 Å². The third kappa shape index (κ3) is 7.81. The van der Waals surface area contributed by atoms with Crippen LogP contribution in [0.5, 0.6) is 5.75 Å². The minimum Gasteiger partial charge on any atom is -0.487 e. The Morgan fingerprint density at radius 2 is 1.44 bits per heavy atom. The number of hydrogen-bond donors (Lipinski definition) is 1. The molecule has 0 spiro atoms. The quantitative estimate of drug-likeness (QED) is 0.362. The molecule has 39 heavy (non-hydrogen) atoms. The molecule has 0 atom stereocenters. The van der Waals surface area contributed by atoms with Gasteiger partial charge in [-0.25, -0.2) is 4.39 Å². The molecule has 0 aliphatic carbocycles. The number of aryl methyl sites for hydroxylation is 1. The number of hydrogen-bond acceptors (Lipinski definition) is 4. The third-order valence-corrected chi connectivity index (χ3v) is 8.04. The normalized spacial score (nSPS) is 17.7. The summed E-state index contributed by atoms with van der Waals surface area (Å²) < 4.78 is 20.9. The third-order valence-electron chi connectivity index (χ3n) is 7.79. The van der Waals surface area contributed by atoms with Crippen molar-refractivity contribution in [1.29, 1.82) is 0 Å². The number of rotatable bonds is 8. The SMILES string of the molecule is Cc1ccc(CN2CCC(Oc3ccc(C(=O)NC4CCN(Cc5ccc(Cl)cc5)CC4)cc3F)CC2)cc1. The van der Waals surface area contributed by atoms with Gasteiger partial charge in [0.05, 0.1) is 0 Å². The van der Waals surface area contributed by atoms with Crippen molar-refractivity contribution in [2.24, 2.45) is 0 Å². The number of halogens is 2. The Kier molecular flexibility index (Phi) is 9.17. The van der Waals surface area contributed by atoms with E-state index in [-0.39, 0.29) is 23.8 Å². The average Bonchev–Trinajstić information content (AvgIpc) is 2.94. The lowest BCUT2D eigenvalue weighted by molar-refractivity contribution is 0.0904. The summed E-state index contributed by atoms with van der Waals surface area (Å²) in [6, 6.07) is 21.2. The maximum Gasteiger partial charge on any atom is 0.251 e. The molecule has 2 aliphatic rings. The van der Waals surface area contributed by atoms with Gasteiger partial charge in [0.2, 0.25) is 0 Å². The van der Waals surface area contributed by atoms with Gasteiger partial charge in [0.15, 0.2) is 11.6 Å². The molecule has 2 fully saturated rings. The summed E-state index contributed by atoms with van der Waals surface area (Å²) in [6.45, 7) is 7.53. The number of piperidine rings is 2. The first-order valence-electron chi connectivity index (χ1n) is 13.9. The fourth-order valence-electron chi connectivity index (χ4n) is 5.41. The van der Waals surface area contributed by atoms with Crippen molar-refractivity contribution in [2.75, 3.05) is 26.2 Å². The highest BCUT2D eigenvalue weighted by Gasteiger charge is 2.24. The van der Waals surface area contributed by atoms with E-state index in [1.165, 1.54) is 22.8 Å². The summed E-state index contributed by atoms with van der Waals surface area (Å²) >= 11 is 5.98. The lowest BCUT2D eigenvalue weighted by Crippen LogP contribution is -2.44. The topological polar surface area (TPSA) is 44.8 Å². The molecule has 5 rings (SSSR count). The lowest BCUT2D eigenvalue weighted by Gasteiger charge is -2.32. The number of likely N-dealkylation sites (tertiary alicyclic amines) is 2. The molecule has 2 heterocycles. The molecule has 5 nitrogen and oxygen atoms in total. The van der Waals surface area contributed by atoms with E-state index in [0.717, 1.165) is 70.0 Å². The van der Waals surface area contributed by atoms with Crippen LogP contribution in [-0.4, -0.2) is 54.0 Å². The minimum absolute atomic E-state index is 0.0218. The van der Waals surface area contributed by atoms with Gasteiger partial charge in [0.25, 0.3) is 5.91 Å². The van der Waals surface area contributed by atoms with Crippen LogP contribution in [0.2, 0.25) is 5.02 Å². The Labute approximate surface area is 235 Å². The molecule has 0 radical (unpaired) electrons. The first-order chi connectivity index (χ1) is 18.9. The second-order valence-electron chi connectivity index (χ2n) is 10.9. The van der Waals surface area contributed by atoms with Gasteiger partial charge in [-0.2, -0.15) is 0 Å². The summed E-state index contributed by atoms with van der Waals surface area (Å²) in [5.41, 5.74) is 4.13. The van der Waals surface area contributed by atoms with Crippen molar-refractivity contribution in [3.63, 3.8) is 0 Å². The van der Waals surface area contributed by atoms with Gasteiger partial charge in [0, 0.05) is 55.9 Å². The fraction of sp³-hybridized carbons (Fsp3) is 0.406. The number of nitrogens with one attached hydrogen (secondary N) is 1. The van der Waals surface area contributed by atoms with Crippen molar-refractivity contribution in [3.8, 4) is 5.75 Å². The van der Waals surface area contributed by atoms with E-state index in [1.807, 2.05) is 24.3 Å². The standard InChI is InChI=1S/C32H37ClFN3O2/c1-23-2-4-24(5-3-23)21-37-18-14-29(15-19-37)39-31-11-8-26(20-30(31)34)32(38)35-28-12-16-36(17-13-28)22-25-6-9-27(33)10-7-25/h2-11,20,28-29H,12-19,21-22H2,1H3,(H,35,38). The minimum atomic E-state index is -0.484. The lowest BCUT2D eigenvalue weighted by atomic mass is 10.0. The van der Waals surface area contributed by atoms with Crippen LogP contribution >= 0.6 is 11.6 Å². The molecule has 2 saturated heterocycles. The van der Waals surface area contributed by atoms with Crippen LogP contribution in [0.3, 0.4) is 0 Å². The first-order valence-corrected chi connectivity index (χ1v) is 14.3. The van der Waals surface area contributed by atoms with Crippen LogP contribution in [0.15, 0.2) is 66.7 Å². The maximum atomic E-state index is 14.9. The Morgan fingerprint density at radius 1 is 0.872 bits per heavy atom. The van der Waals surface area contributed by atoms with Crippen molar-refractivity contribution >= 4 is 17.5 Å². The smallest absolute Gasteiger partial charge is 0.251 e. The first kappa shape index (κ1) is 27.6. The molecule has 206 valence electrons. The Morgan fingerprint density at radius 3 is 2.03 bits per heavy atom. The van der Waals surface area contributed by atoms with Gasteiger partial charge >= 0.3 is 0 Å². The zero-order valence-corrected chi connectivity index (χ0v) is 23.3. The highest BCUT2D eigenvalue weighted by molar-refractivity contribution is 6.30. The van der Waals surface area contributed by atoms with E-state index >= 15 is 0 Å². The Hall–Kier alpha value is -2.93. The number of nitrogens with zero attached hydrogens (tertiary/aromatic N) is 2. The second-order valence-corrected chi connectivity index (χ2v) is 11.3. The van der Waals surface area contributed by atoms with E-state index in [4.69, 9.17) is 16.3 Å². The molecule has 2 aliphatic heterocycles. The van der Waals surface area contributed by atoms with Crippen LogP contribution in [0.25, 0.3) is 0 Å². The van der Waals surface area contributed by atoms with E-state index in [9.17, 15) is 9.18 Å². The highest BCUT2D eigenvalue weighted by Crippen LogP contribution is 2.24. The summed E-state index contributed by atoms with van der Waals surface area (Å²) in [7, 11) is 0. The van der Waals surface area contributed by atoms with Crippen LogP contribution in [0.1, 0.15) is 52.7 Å². The molecule has 0 saturated carbocycles. The van der Waals surface area contributed by atoms with Crippen molar-refractivity contribution < 1.29 is 13.9 Å². The largest absolute Gasteiger partial charge is 0.487 e. The van der Waals surface area contributed by atoms with Gasteiger partial charge < -0.3 is 10.1 Å². The maximum absolute atomic E-state index is 14.9. The number of benzene rings is 3. The summed E-state index contributed by atoms with van der Waals surface area (Å²) in [5.74, 6) is -0.498. The van der Waals surface area contributed by atoms with E-state index in [0.29, 0.717) is 5.56 Å². The predicted octanol–water partition coefficient (Wildman–Crippen LogP) is 6.23. The zero-order valence-electron chi connectivity index (χ0n) is 22.5. The molecule has 3 aromatic rings. The molecule has 0 aromatic heterocycles. The van der Waals surface area contributed by atoms with Gasteiger partial charge in [-0.05, 0) is 74.1 Å². The average molecular weight is 550 g/mol. The molecular weight excluding hydrogens is 513 g/mol. The van der Waals surface area contributed by atoms with Crippen LogP contribution in [0.4, 0.5) is 4.39 Å². The number of carbonyl (C=O) groups excluding carboxylic acids is 1. The molecule has 7 heteroatoms. The van der Waals surface area contributed by atoms with E-state index < -0.39 is 5.82 Å². The van der Waals surface area contributed by atoms with Gasteiger partial charge in [-0.15, -0.1) is 0 Å². The molecular formula is C32H37ClFN3O2. The Bertz CT molecular complexity index is 1240. The predicted molar refractivity (Wildman–Crippen MR) is 154 cm³/mol. The van der Waals surface area contributed by atoms with Crippen molar-refractivity contribution in [2.45, 2.75) is 57.8 Å². The summed E-state index contributed by atoms with van der Waals surface area (Å²) in [5, 5.41) is 3.83. The molecule has 0 unspecified atom stereocenters. The fourth-order valence-corrected chi connectivity index (χ4v) is 5.53. The van der Waals surface area contributed by atoms with Crippen LogP contribution < -0.4 is 10.1 Å². The second kappa shape index (κ2) is 12.9. The Balaban J connectivity index is 1.05.